The molecule has 6 nitrogen and oxygen atoms in total. The Labute approximate surface area is 94.6 Å². The fourth-order valence-electron chi connectivity index (χ4n) is 1.85. The third kappa shape index (κ3) is 3.18. The van der Waals surface area contributed by atoms with Gasteiger partial charge in [-0.05, 0) is 12.8 Å². The molecule has 0 saturated heterocycles. The maximum atomic E-state index is 5.68. The molecule has 0 amide bonds. The van der Waals surface area contributed by atoms with E-state index in [1.807, 2.05) is 0 Å². The van der Waals surface area contributed by atoms with Gasteiger partial charge >= 0.3 is 6.01 Å². The molecular weight excluding hydrogens is 208 g/mol. The Morgan fingerprint density at radius 3 is 2.88 bits per heavy atom. The first kappa shape index (κ1) is 11.3. The van der Waals surface area contributed by atoms with Crippen molar-refractivity contribution >= 4 is 6.01 Å². The van der Waals surface area contributed by atoms with Gasteiger partial charge in [0.1, 0.15) is 0 Å². The van der Waals surface area contributed by atoms with Crippen molar-refractivity contribution in [2.24, 2.45) is 5.73 Å². The van der Waals surface area contributed by atoms with Crippen LogP contribution in [0.3, 0.4) is 0 Å². The molecule has 0 bridgehead atoms. The first-order valence-electron chi connectivity index (χ1n) is 5.76. The van der Waals surface area contributed by atoms with Crippen molar-refractivity contribution in [2.75, 3.05) is 18.5 Å². The molecule has 0 atom stereocenters. The van der Waals surface area contributed by atoms with E-state index >= 15 is 0 Å². The maximum absolute atomic E-state index is 5.68. The molecule has 16 heavy (non-hydrogen) atoms. The van der Waals surface area contributed by atoms with E-state index < -0.39 is 0 Å². The predicted molar refractivity (Wildman–Crippen MR) is 58.9 cm³/mol. The first-order chi connectivity index (χ1) is 7.88. The van der Waals surface area contributed by atoms with Gasteiger partial charge in [-0.3, -0.25) is 0 Å². The van der Waals surface area contributed by atoms with Crippen LogP contribution >= 0.6 is 0 Å². The number of nitrogens with two attached hydrogens (primary N) is 1. The van der Waals surface area contributed by atoms with Gasteiger partial charge in [0.2, 0.25) is 5.89 Å². The predicted octanol–water partition coefficient (Wildman–Crippen LogP) is 0.899. The number of rotatable bonds is 6. The van der Waals surface area contributed by atoms with E-state index in [-0.39, 0.29) is 6.54 Å². The SMILES string of the molecule is NCc1nnc(NCCOC2CCCC2)o1. The Balaban J connectivity index is 1.60. The van der Waals surface area contributed by atoms with Crippen LogP contribution in [0.5, 0.6) is 0 Å². The average molecular weight is 226 g/mol. The van der Waals surface area contributed by atoms with Crippen LogP contribution in [0.4, 0.5) is 6.01 Å². The normalized spacial score (nSPS) is 16.8. The fraction of sp³-hybridized carbons (Fsp3) is 0.800. The van der Waals surface area contributed by atoms with Crippen molar-refractivity contribution in [1.29, 1.82) is 0 Å². The summed E-state index contributed by atoms with van der Waals surface area (Å²) in [5.74, 6) is 0.444. The number of aromatic nitrogens is 2. The van der Waals surface area contributed by atoms with Crippen molar-refractivity contribution in [3.63, 3.8) is 0 Å². The van der Waals surface area contributed by atoms with Crippen molar-refractivity contribution in [2.45, 2.75) is 38.3 Å². The number of anilines is 1. The lowest BCUT2D eigenvalue weighted by molar-refractivity contribution is 0.0657. The van der Waals surface area contributed by atoms with Gasteiger partial charge in [-0.1, -0.05) is 17.9 Å². The largest absolute Gasteiger partial charge is 0.407 e. The maximum Gasteiger partial charge on any atom is 0.315 e. The highest BCUT2D eigenvalue weighted by Crippen LogP contribution is 2.20. The van der Waals surface area contributed by atoms with Crippen molar-refractivity contribution in [3.8, 4) is 0 Å². The highest BCUT2D eigenvalue weighted by Gasteiger charge is 2.14. The van der Waals surface area contributed by atoms with Gasteiger partial charge in [0, 0.05) is 6.54 Å². The number of ether oxygens (including phenoxy) is 1. The van der Waals surface area contributed by atoms with Crippen LogP contribution < -0.4 is 11.1 Å². The zero-order chi connectivity index (χ0) is 11.2. The molecule has 1 aromatic heterocycles. The summed E-state index contributed by atoms with van der Waals surface area (Å²) in [6.07, 6.45) is 5.42. The van der Waals surface area contributed by atoms with Crippen LogP contribution in [0, 0.1) is 0 Å². The van der Waals surface area contributed by atoms with E-state index in [0.29, 0.717) is 31.2 Å². The Morgan fingerprint density at radius 1 is 1.38 bits per heavy atom. The highest BCUT2D eigenvalue weighted by molar-refractivity contribution is 5.16. The van der Waals surface area contributed by atoms with Gasteiger partial charge in [-0.25, -0.2) is 0 Å². The van der Waals surface area contributed by atoms with E-state index in [9.17, 15) is 0 Å². The van der Waals surface area contributed by atoms with Crippen LogP contribution in [0.15, 0.2) is 4.42 Å². The molecule has 1 aliphatic carbocycles. The summed E-state index contributed by atoms with van der Waals surface area (Å²) in [7, 11) is 0. The quantitative estimate of drug-likeness (QED) is 0.701. The highest BCUT2D eigenvalue weighted by atomic mass is 16.5. The van der Waals surface area contributed by atoms with Crippen molar-refractivity contribution in [1.82, 2.24) is 10.2 Å². The molecule has 0 aromatic carbocycles. The zero-order valence-electron chi connectivity index (χ0n) is 9.32. The smallest absolute Gasteiger partial charge is 0.315 e. The third-order valence-corrected chi connectivity index (χ3v) is 2.68. The molecular formula is C10H18N4O2. The van der Waals surface area contributed by atoms with Gasteiger partial charge in [0.05, 0.1) is 19.3 Å². The number of hydrogen-bond acceptors (Lipinski definition) is 6. The molecule has 1 saturated carbocycles. The van der Waals surface area contributed by atoms with Gasteiger partial charge in [0.15, 0.2) is 0 Å². The first-order valence-corrected chi connectivity index (χ1v) is 5.76. The standard InChI is InChI=1S/C10H18N4O2/c11-7-9-13-14-10(16-9)12-5-6-15-8-3-1-2-4-8/h8H,1-7,11H2,(H,12,14). The molecule has 6 heteroatoms. The molecule has 1 aliphatic rings. The topological polar surface area (TPSA) is 86.2 Å². The molecule has 1 aromatic rings. The van der Waals surface area contributed by atoms with Crippen LogP contribution in [0.2, 0.25) is 0 Å². The Morgan fingerprint density at radius 2 is 2.19 bits per heavy atom. The van der Waals surface area contributed by atoms with Gasteiger partial charge < -0.3 is 20.2 Å². The Kier molecular flexibility index (Phi) is 4.12. The summed E-state index contributed by atoms with van der Waals surface area (Å²) >= 11 is 0. The zero-order valence-corrected chi connectivity index (χ0v) is 9.32. The van der Waals surface area contributed by atoms with Crippen LogP contribution in [-0.4, -0.2) is 29.5 Å². The number of hydrogen-bond donors (Lipinski definition) is 2. The molecule has 90 valence electrons. The molecule has 0 aliphatic heterocycles. The van der Waals surface area contributed by atoms with Crippen LogP contribution in [0.25, 0.3) is 0 Å². The summed E-state index contributed by atoms with van der Waals surface area (Å²) in [5.41, 5.74) is 5.35. The number of nitrogens with one attached hydrogen (secondary N) is 1. The summed E-state index contributed by atoms with van der Waals surface area (Å²) in [6.45, 7) is 1.63. The van der Waals surface area contributed by atoms with Crippen molar-refractivity contribution in [3.05, 3.63) is 5.89 Å². The summed E-state index contributed by atoms with van der Waals surface area (Å²) in [6, 6.07) is 0.412. The van der Waals surface area contributed by atoms with E-state index in [2.05, 4.69) is 15.5 Å². The Hall–Kier alpha value is -1.14. The lowest BCUT2D eigenvalue weighted by atomic mass is 10.3. The lowest BCUT2D eigenvalue weighted by Gasteiger charge is -2.10. The lowest BCUT2D eigenvalue weighted by Crippen LogP contribution is -2.15. The monoisotopic (exact) mass is 226 g/mol. The average Bonchev–Trinajstić information content (AvgIpc) is 2.95. The second-order valence-corrected chi connectivity index (χ2v) is 3.91. The van der Waals surface area contributed by atoms with E-state index in [0.717, 1.165) is 0 Å². The molecule has 1 fully saturated rings. The van der Waals surface area contributed by atoms with Crippen molar-refractivity contribution < 1.29 is 9.15 Å². The third-order valence-electron chi connectivity index (χ3n) is 2.68. The van der Waals surface area contributed by atoms with Gasteiger partial charge in [-0.2, -0.15) is 0 Å². The van der Waals surface area contributed by atoms with Gasteiger partial charge in [-0.15, -0.1) is 5.10 Å². The molecule has 1 heterocycles. The summed E-state index contributed by atoms with van der Waals surface area (Å²) in [4.78, 5) is 0. The summed E-state index contributed by atoms with van der Waals surface area (Å²) < 4.78 is 10.9. The Bertz CT molecular complexity index is 310. The molecule has 0 unspecified atom stereocenters. The second-order valence-electron chi connectivity index (χ2n) is 3.91. The molecule has 0 spiro atoms. The fourth-order valence-corrected chi connectivity index (χ4v) is 1.85. The molecule has 2 rings (SSSR count). The molecule has 3 N–H and O–H groups in total. The second kappa shape index (κ2) is 5.81. The summed E-state index contributed by atoms with van der Waals surface area (Å²) in [5, 5.41) is 10.5. The minimum Gasteiger partial charge on any atom is -0.407 e. The minimum absolute atomic E-state index is 0.271. The van der Waals surface area contributed by atoms with Gasteiger partial charge in [0.25, 0.3) is 0 Å². The van der Waals surface area contributed by atoms with Crippen LogP contribution in [0.1, 0.15) is 31.6 Å². The van der Waals surface area contributed by atoms with E-state index in [4.69, 9.17) is 14.9 Å². The van der Waals surface area contributed by atoms with E-state index in [1.165, 1.54) is 25.7 Å². The van der Waals surface area contributed by atoms with Crippen LogP contribution in [-0.2, 0) is 11.3 Å². The van der Waals surface area contributed by atoms with E-state index in [1.54, 1.807) is 0 Å². The molecule has 0 radical (unpaired) electrons. The number of nitrogens with zero attached hydrogens (tertiary/aromatic N) is 2. The minimum atomic E-state index is 0.271.